The quantitative estimate of drug-likeness (QED) is 0.837. The number of nitrogens with one attached hydrogen (secondary N) is 1. The Morgan fingerprint density at radius 1 is 1.53 bits per heavy atom. The van der Waals surface area contributed by atoms with E-state index in [1.165, 1.54) is 25.9 Å². The third kappa shape index (κ3) is 3.54. The lowest BCUT2D eigenvalue weighted by atomic mass is 9.98. The second-order valence-electron chi connectivity index (χ2n) is 5.03. The largest absolute Gasteiger partial charge is 0.334 e. The molecule has 1 saturated heterocycles. The number of nitrogens with zero attached hydrogens (tertiary/aromatic N) is 3. The topological polar surface area (TPSA) is 33.1 Å². The maximum Gasteiger partial charge on any atom is 0.122 e. The lowest BCUT2D eigenvalue weighted by Gasteiger charge is -2.29. The van der Waals surface area contributed by atoms with Gasteiger partial charge >= 0.3 is 0 Å². The van der Waals surface area contributed by atoms with E-state index in [1.807, 2.05) is 12.4 Å². The highest BCUT2D eigenvalue weighted by Crippen LogP contribution is 2.13. The van der Waals surface area contributed by atoms with Gasteiger partial charge in [-0.05, 0) is 45.8 Å². The van der Waals surface area contributed by atoms with E-state index in [0.717, 1.165) is 31.4 Å². The molecule has 4 heteroatoms. The van der Waals surface area contributed by atoms with Crippen molar-refractivity contribution >= 4 is 0 Å². The fourth-order valence-corrected chi connectivity index (χ4v) is 2.62. The zero-order valence-electron chi connectivity index (χ0n) is 11.0. The second-order valence-corrected chi connectivity index (χ2v) is 5.03. The van der Waals surface area contributed by atoms with Crippen molar-refractivity contribution in [3.8, 4) is 0 Å². The van der Waals surface area contributed by atoms with E-state index >= 15 is 0 Å². The molecule has 0 spiro atoms. The number of piperidine rings is 1. The molecule has 1 aliphatic heterocycles. The third-order valence-corrected chi connectivity index (χ3v) is 3.58. The molecule has 0 radical (unpaired) electrons. The van der Waals surface area contributed by atoms with E-state index in [1.54, 1.807) is 0 Å². The number of aromatic nitrogens is 2. The van der Waals surface area contributed by atoms with E-state index in [0.29, 0.717) is 0 Å². The highest BCUT2D eigenvalue weighted by molar-refractivity contribution is 4.91. The van der Waals surface area contributed by atoms with Crippen LogP contribution in [-0.4, -0.2) is 41.1 Å². The molecule has 17 heavy (non-hydrogen) atoms. The second kappa shape index (κ2) is 6.17. The highest BCUT2D eigenvalue weighted by atomic mass is 15.1. The predicted molar refractivity (Wildman–Crippen MR) is 69.8 cm³/mol. The molecule has 0 aliphatic carbocycles. The van der Waals surface area contributed by atoms with E-state index in [2.05, 4.69) is 33.7 Å². The molecule has 96 valence electrons. The number of likely N-dealkylation sites (tertiary alicyclic amines) is 1. The Balaban J connectivity index is 1.72. The fourth-order valence-electron chi connectivity index (χ4n) is 2.62. The molecule has 1 atom stereocenters. The van der Waals surface area contributed by atoms with Crippen molar-refractivity contribution in [3.05, 3.63) is 18.2 Å². The SMILES string of the molecule is CCn1ccnc1CNCC1CCCN(C)C1. The molecular formula is C13H24N4. The third-order valence-electron chi connectivity index (χ3n) is 3.58. The van der Waals surface area contributed by atoms with Gasteiger partial charge in [0.15, 0.2) is 0 Å². The molecule has 0 bridgehead atoms. The van der Waals surface area contributed by atoms with Gasteiger partial charge in [-0.2, -0.15) is 0 Å². The maximum absolute atomic E-state index is 4.37. The van der Waals surface area contributed by atoms with Crippen LogP contribution in [0.4, 0.5) is 0 Å². The van der Waals surface area contributed by atoms with Crippen LogP contribution in [0, 0.1) is 5.92 Å². The summed E-state index contributed by atoms with van der Waals surface area (Å²) in [6, 6.07) is 0. The Hall–Kier alpha value is -0.870. The van der Waals surface area contributed by atoms with Crippen molar-refractivity contribution in [1.82, 2.24) is 19.8 Å². The summed E-state index contributed by atoms with van der Waals surface area (Å²) in [5, 5.41) is 3.54. The van der Waals surface area contributed by atoms with Gasteiger partial charge in [0.2, 0.25) is 0 Å². The van der Waals surface area contributed by atoms with E-state index in [-0.39, 0.29) is 0 Å². The van der Waals surface area contributed by atoms with Crippen molar-refractivity contribution < 1.29 is 0 Å². The average molecular weight is 236 g/mol. The van der Waals surface area contributed by atoms with Gasteiger partial charge in [-0.15, -0.1) is 0 Å². The van der Waals surface area contributed by atoms with Gasteiger partial charge in [-0.1, -0.05) is 0 Å². The number of hydrogen-bond donors (Lipinski definition) is 1. The monoisotopic (exact) mass is 236 g/mol. The number of aryl methyl sites for hydroxylation is 1. The van der Waals surface area contributed by atoms with Crippen LogP contribution in [0.1, 0.15) is 25.6 Å². The van der Waals surface area contributed by atoms with E-state index < -0.39 is 0 Å². The summed E-state index contributed by atoms with van der Waals surface area (Å²) >= 11 is 0. The van der Waals surface area contributed by atoms with Crippen LogP contribution >= 0.6 is 0 Å². The summed E-state index contributed by atoms with van der Waals surface area (Å²) in [6.07, 6.45) is 6.63. The number of hydrogen-bond acceptors (Lipinski definition) is 3. The van der Waals surface area contributed by atoms with Gasteiger partial charge in [-0.25, -0.2) is 4.98 Å². The molecule has 1 fully saturated rings. The van der Waals surface area contributed by atoms with Crippen LogP contribution in [-0.2, 0) is 13.1 Å². The molecule has 2 rings (SSSR count). The van der Waals surface area contributed by atoms with Crippen molar-refractivity contribution in [2.75, 3.05) is 26.7 Å². The van der Waals surface area contributed by atoms with Gasteiger partial charge < -0.3 is 14.8 Å². The van der Waals surface area contributed by atoms with E-state index in [4.69, 9.17) is 0 Å². The zero-order chi connectivity index (χ0) is 12.1. The molecule has 1 aliphatic rings. The Bertz CT molecular complexity index is 334. The Kier molecular flexibility index (Phi) is 4.57. The van der Waals surface area contributed by atoms with Gasteiger partial charge in [0.05, 0.1) is 6.54 Å². The molecule has 1 unspecified atom stereocenters. The Labute approximate surface area is 104 Å². The molecule has 1 aromatic heterocycles. The standard InChI is InChI=1S/C13H24N4/c1-3-17-8-6-15-13(17)10-14-9-12-5-4-7-16(2)11-12/h6,8,12,14H,3-5,7,9-11H2,1-2H3. The first-order valence-electron chi connectivity index (χ1n) is 6.69. The minimum absolute atomic E-state index is 0.804. The van der Waals surface area contributed by atoms with Crippen LogP contribution in [0.15, 0.2) is 12.4 Å². The summed E-state index contributed by atoms with van der Waals surface area (Å²) in [6.45, 7) is 7.65. The molecule has 2 heterocycles. The van der Waals surface area contributed by atoms with Crippen LogP contribution in [0.3, 0.4) is 0 Å². The van der Waals surface area contributed by atoms with Crippen LogP contribution in [0.25, 0.3) is 0 Å². The van der Waals surface area contributed by atoms with Crippen molar-refractivity contribution in [1.29, 1.82) is 0 Å². The van der Waals surface area contributed by atoms with Crippen LogP contribution in [0.5, 0.6) is 0 Å². The highest BCUT2D eigenvalue weighted by Gasteiger charge is 2.16. The first-order valence-corrected chi connectivity index (χ1v) is 6.69. The molecule has 0 amide bonds. The summed E-state index contributed by atoms with van der Waals surface area (Å²) in [5.74, 6) is 1.95. The fraction of sp³-hybridized carbons (Fsp3) is 0.769. The van der Waals surface area contributed by atoms with Crippen molar-refractivity contribution in [2.45, 2.75) is 32.9 Å². The van der Waals surface area contributed by atoms with Crippen LogP contribution < -0.4 is 5.32 Å². The predicted octanol–water partition coefficient (Wildman–Crippen LogP) is 1.33. The van der Waals surface area contributed by atoms with E-state index in [9.17, 15) is 0 Å². The summed E-state index contributed by atoms with van der Waals surface area (Å²) < 4.78 is 2.19. The van der Waals surface area contributed by atoms with Crippen molar-refractivity contribution in [2.24, 2.45) is 5.92 Å². The average Bonchev–Trinajstić information content (AvgIpc) is 2.77. The molecule has 0 saturated carbocycles. The first-order chi connectivity index (χ1) is 8.29. The molecule has 1 N–H and O–H groups in total. The van der Waals surface area contributed by atoms with Gasteiger partial charge in [0.25, 0.3) is 0 Å². The Morgan fingerprint density at radius 2 is 2.41 bits per heavy atom. The number of imidazole rings is 1. The summed E-state index contributed by atoms with van der Waals surface area (Å²) in [5.41, 5.74) is 0. The normalized spacial score (nSPS) is 21.9. The molecule has 1 aromatic rings. The first kappa shape index (κ1) is 12.6. The summed E-state index contributed by atoms with van der Waals surface area (Å²) in [4.78, 5) is 6.81. The molecule has 4 nitrogen and oxygen atoms in total. The van der Waals surface area contributed by atoms with Gasteiger partial charge in [-0.3, -0.25) is 0 Å². The zero-order valence-corrected chi connectivity index (χ0v) is 11.0. The Morgan fingerprint density at radius 3 is 3.18 bits per heavy atom. The minimum atomic E-state index is 0.804. The lowest BCUT2D eigenvalue weighted by molar-refractivity contribution is 0.206. The molecule has 0 aromatic carbocycles. The summed E-state index contributed by atoms with van der Waals surface area (Å²) in [7, 11) is 2.22. The number of rotatable bonds is 5. The maximum atomic E-state index is 4.37. The lowest BCUT2D eigenvalue weighted by Crippen LogP contribution is -2.37. The van der Waals surface area contributed by atoms with Gasteiger partial charge in [0, 0.05) is 25.5 Å². The minimum Gasteiger partial charge on any atom is -0.334 e. The molecular weight excluding hydrogens is 212 g/mol. The van der Waals surface area contributed by atoms with Gasteiger partial charge in [0.1, 0.15) is 5.82 Å². The van der Waals surface area contributed by atoms with Crippen LogP contribution in [0.2, 0.25) is 0 Å². The smallest absolute Gasteiger partial charge is 0.122 e. The van der Waals surface area contributed by atoms with Crippen molar-refractivity contribution in [3.63, 3.8) is 0 Å².